The van der Waals surface area contributed by atoms with Crippen molar-refractivity contribution in [1.82, 2.24) is 29.9 Å². The summed E-state index contributed by atoms with van der Waals surface area (Å²) in [6.07, 6.45) is 9.06. The molecular formula is C13H20N6. The maximum Gasteiger partial charge on any atom is 0.137 e. The van der Waals surface area contributed by atoms with E-state index in [9.17, 15) is 0 Å². The molecule has 0 aliphatic carbocycles. The first-order valence-corrected chi connectivity index (χ1v) is 6.97. The van der Waals surface area contributed by atoms with Crippen LogP contribution in [0.4, 0.5) is 0 Å². The number of aromatic amines is 1. The zero-order valence-corrected chi connectivity index (χ0v) is 11.1. The van der Waals surface area contributed by atoms with E-state index in [1.807, 2.05) is 23.1 Å². The van der Waals surface area contributed by atoms with Crippen molar-refractivity contribution in [2.45, 2.75) is 31.7 Å². The van der Waals surface area contributed by atoms with E-state index < -0.39 is 0 Å². The summed E-state index contributed by atoms with van der Waals surface area (Å²) >= 11 is 0. The molecule has 0 radical (unpaired) electrons. The van der Waals surface area contributed by atoms with E-state index in [0.717, 1.165) is 31.9 Å². The second-order valence-electron chi connectivity index (χ2n) is 5.13. The zero-order chi connectivity index (χ0) is 12.9. The number of likely N-dealkylation sites (tertiary alicyclic amines) is 1. The lowest BCUT2D eigenvalue weighted by molar-refractivity contribution is 0.198. The first kappa shape index (κ1) is 12.3. The third kappa shape index (κ3) is 3.20. The number of rotatable bonds is 5. The van der Waals surface area contributed by atoms with E-state index in [2.05, 4.69) is 25.2 Å². The number of hydrogen-bond acceptors (Lipinski definition) is 4. The lowest BCUT2D eigenvalue weighted by Crippen LogP contribution is -2.35. The van der Waals surface area contributed by atoms with Crippen molar-refractivity contribution in [1.29, 1.82) is 0 Å². The molecule has 3 heterocycles. The van der Waals surface area contributed by atoms with Crippen molar-refractivity contribution >= 4 is 0 Å². The molecule has 6 nitrogen and oxygen atoms in total. The van der Waals surface area contributed by atoms with Crippen molar-refractivity contribution in [3.05, 3.63) is 30.6 Å². The fraction of sp³-hybridized carbons (Fsp3) is 0.615. The number of H-pyrrole nitrogens is 1. The molecule has 0 saturated carbocycles. The van der Waals surface area contributed by atoms with Crippen LogP contribution in [0.1, 0.15) is 31.0 Å². The number of nitrogens with one attached hydrogen (secondary N) is 1. The molecule has 19 heavy (non-hydrogen) atoms. The molecule has 1 N–H and O–H groups in total. The summed E-state index contributed by atoms with van der Waals surface area (Å²) in [6, 6.07) is 1.97. The first-order chi connectivity index (χ1) is 9.42. The monoisotopic (exact) mass is 260 g/mol. The molecule has 0 bridgehead atoms. The van der Waals surface area contributed by atoms with E-state index in [0.29, 0.717) is 5.92 Å². The molecular weight excluding hydrogens is 240 g/mol. The van der Waals surface area contributed by atoms with Gasteiger partial charge in [-0.3, -0.25) is 9.78 Å². The highest BCUT2D eigenvalue weighted by molar-refractivity contribution is 4.96. The number of aromatic nitrogens is 5. The number of nitrogens with zero attached hydrogens (tertiary/aromatic N) is 5. The molecule has 3 rings (SSSR count). The molecule has 0 amide bonds. The first-order valence-electron chi connectivity index (χ1n) is 6.97. The average Bonchev–Trinajstić information content (AvgIpc) is 3.12. The van der Waals surface area contributed by atoms with Gasteiger partial charge < -0.3 is 4.90 Å². The predicted molar refractivity (Wildman–Crippen MR) is 71.6 cm³/mol. The van der Waals surface area contributed by atoms with E-state index in [-0.39, 0.29) is 0 Å². The fourth-order valence-corrected chi connectivity index (χ4v) is 2.78. The minimum atomic E-state index is 0.515. The number of hydrogen-bond donors (Lipinski definition) is 1. The standard InChI is InChI=1S/C13H20N6/c1-4-12(13-14-11-15-17-13)10-18(6-1)7-3-9-19-8-2-5-16-19/h2,5,8,11-12H,1,3-4,6-7,9-10H2,(H,14,15,17)/t12-/m1/s1. The highest BCUT2D eigenvalue weighted by atomic mass is 15.3. The molecule has 0 unspecified atom stereocenters. The Kier molecular flexibility index (Phi) is 3.88. The molecule has 102 valence electrons. The summed E-state index contributed by atoms with van der Waals surface area (Å²) in [4.78, 5) is 6.82. The van der Waals surface area contributed by atoms with Crippen LogP contribution in [0.5, 0.6) is 0 Å². The van der Waals surface area contributed by atoms with Crippen molar-refractivity contribution in [3.63, 3.8) is 0 Å². The Balaban J connectivity index is 1.46. The van der Waals surface area contributed by atoms with Gasteiger partial charge in [0.25, 0.3) is 0 Å². The van der Waals surface area contributed by atoms with Crippen LogP contribution in [0.2, 0.25) is 0 Å². The van der Waals surface area contributed by atoms with E-state index >= 15 is 0 Å². The second kappa shape index (κ2) is 5.97. The van der Waals surface area contributed by atoms with Gasteiger partial charge in [-0.1, -0.05) is 0 Å². The van der Waals surface area contributed by atoms with Gasteiger partial charge in [-0.05, 0) is 38.4 Å². The Morgan fingerprint density at radius 3 is 3.16 bits per heavy atom. The Morgan fingerprint density at radius 1 is 1.37 bits per heavy atom. The molecule has 0 aromatic carbocycles. The van der Waals surface area contributed by atoms with Gasteiger partial charge in [0.15, 0.2) is 0 Å². The van der Waals surface area contributed by atoms with Crippen LogP contribution >= 0.6 is 0 Å². The van der Waals surface area contributed by atoms with Crippen molar-refractivity contribution in [3.8, 4) is 0 Å². The molecule has 2 aromatic rings. The summed E-state index contributed by atoms with van der Waals surface area (Å²) in [6.45, 7) is 4.42. The van der Waals surface area contributed by atoms with Crippen LogP contribution < -0.4 is 0 Å². The Hall–Kier alpha value is -1.69. The van der Waals surface area contributed by atoms with Crippen molar-refractivity contribution < 1.29 is 0 Å². The fourth-order valence-electron chi connectivity index (χ4n) is 2.78. The van der Waals surface area contributed by atoms with E-state index in [4.69, 9.17) is 0 Å². The van der Waals surface area contributed by atoms with Gasteiger partial charge >= 0.3 is 0 Å². The lowest BCUT2D eigenvalue weighted by atomic mass is 9.97. The minimum Gasteiger partial charge on any atom is -0.303 e. The Bertz CT molecular complexity index is 463. The van der Waals surface area contributed by atoms with Gasteiger partial charge in [-0.25, -0.2) is 4.98 Å². The molecule has 1 atom stereocenters. The average molecular weight is 260 g/mol. The Labute approximate surface area is 112 Å². The zero-order valence-electron chi connectivity index (χ0n) is 11.1. The van der Waals surface area contributed by atoms with Crippen molar-refractivity contribution in [2.24, 2.45) is 0 Å². The van der Waals surface area contributed by atoms with Gasteiger partial charge in [0, 0.05) is 31.4 Å². The quantitative estimate of drug-likeness (QED) is 0.879. The molecule has 2 aromatic heterocycles. The maximum absolute atomic E-state index is 4.29. The topological polar surface area (TPSA) is 62.6 Å². The minimum absolute atomic E-state index is 0.515. The summed E-state index contributed by atoms with van der Waals surface area (Å²) in [5.74, 6) is 1.55. The van der Waals surface area contributed by atoms with Gasteiger partial charge in [0.1, 0.15) is 12.2 Å². The van der Waals surface area contributed by atoms with Crippen LogP contribution in [0.15, 0.2) is 24.8 Å². The molecule has 0 spiro atoms. The molecule has 1 saturated heterocycles. The normalized spacial score (nSPS) is 20.7. The predicted octanol–water partition coefficient (Wildman–Crippen LogP) is 1.27. The van der Waals surface area contributed by atoms with Crippen LogP contribution in [0.25, 0.3) is 0 Å². The highest BCUT2D eigenvalue weighted by Crippen LogP contribution is 2.23. The summed E-state index contributed by atoms with van der Waals surface area (Å²) in [5, 5.41) is 11.2. The molecule has 1 aliphatic rings. The molecule has 1 fully saturated rings. The van der Waals surface area contributed by atoms with E-state index in [1.165, 1.54) is 19.4 Å². The third-order valence-electron chi connectivity index (χ3n) is 3.75. The smallest absolute Gasteiger partial charge is 0.137 e. The molecule has 1 aliphatic heterocycles. The number of piperidine rings is 1. The maximum atomic E-state index is 4.29. The van der Waals surface area contributed by atoms with Gasteiger partial charge in [-0.2, -0.15) is 10.2 Å². The third-order valence-corrected chi connectivity index (χ3v) is 3.75. The van der Waals surface area contributed by atoms with Crippen molar-refractivity contribution in [2.75, 3.05) is 19.6 Å². The van der Waals surface area contributed by atoms with E-state index in [1.54, 1.807) is 6.33 Å². The van der Waals surface area contributed by atoms with Crippen LogP contribution in [0.3, 0.4) is 0 Å². The SMILES string of the molecule is c1cnn(CCCN2CCC[C@@H](c3ncn[nH]3)C2)c1. The summed E-state index contributed by atoms with van der Waals surface area (Å²) in [7, 11) is 0. The van der Waals surface area contributed by atoms with Crippen LogP contribution in [0, 0.1) is 0 Å². The summed E-state index contributed by atoms with van der Waals surface area (Å²) < 4.78 is 2.00. The van der Waals surface area contributed by atoms with Gasteiger partial charge in [0.05, 0.1) is 0 Å². The highest BCUT2D eigenvalue weighted by Gasteiger charge is 2.22. The molecule has 6 heteroatoms. The van der Waals surface area contributed by atoms with Gasteiger partial charge in [0.2, 0.25) is 0 Å². The van der Waals surface area contributed by atoms with Crippen LogP contribution in [-0.2, 0) is 6.54 Å². The second-order valence-corrected chi connectivity index (χ2v) is 5.13. The van der Waals surface area contributed by atoms with Crippen LogP contribution in [-0.4, -0.2) is 49.5 Å². The largest absolute Gasteiger partial charge is 0.303 e. The Morgan fingerprint density at radius 2 is 2.37 bits per heavy atom. The number of aryl methyl sites for hydroxylation is 1. The lowest BCUT2D eigenvalue weighted by Gasteiger charge is -2.31. The summed E-state index contributed by atoms with van der Waals surface area (Å²) in [5.41, 5.74) is 0. The van der Waals surface area contributed by atoms with Gasteiger partial charge in [-0.15, -0.1) is 0 Å².